The Morgan fingerprint density at radius 1 is 1.09 bits per heavy atom. The predicted octanol–water partition coefficient (Wildman–Crippen LogP) is 3.87. The van der Waals surface area contributed by atoms with Gasteiger partial charge in [-0.05, 0) is 44.2 Å². The number of rotatable bonds is 1. The van der Waals surface area contributed by atoms with Crippen LogP contribution in [-0.2, 0) is 9.59 Å². The first-order valence-corrected chi connectivity index (χ1v) is 7.60. The lowest BCUT2D eigenvalue weighted by atomic mass is 9.64. The number of carbonyl (C=O) groups is 2. The fourth-order valence-electron chi connectivity index (χ4n) is 3.62. The molecule has 1 atom stereocenters. The van der Waals surface area contributed by atoms with Crippen molar-refractivity contribution in [1.82, 2.24) is 0 Å². The number of allylic oxidation sites excluding steroid dienone is 3. The van der Waals surface area contributed by atoms with E-state index in [-0.39, 0.29) is 23.2 Å². The number of hydrogen-bond donors (Lipinski definition) is 1. The lowest BCUT2D eigenvalue weighted by Gasteiger charge is -2.38. The molecule has 0 bridgehead atoms. The molecule has 3 nitrogen and oxygen atoms in total. The van der Waals surface area contributed by atoms with E-state index in [0.29, 0.717) is 24.0 Å². The van der Waals surface area contributed by atoms with E-state index >= 15 is 0 Å². The normalized spacial score (nSPS) is 24.6. The molecule has 0 amide bonds. The minimum absolute atomic E-state index is 0.0625. The Morgan fingerprint density at radius 2 is 1.73 bits per heavy atom. The van der Waals surface area contributed by atoms with Crippen molar-refractivity contribution in [2.24, 2.45) is 5.41 Å². The lowest BCUT2D eigenvalue weighted by Crippen LogP contribution is -2.37. The third-order valence-electron chi connectivity index (χ3n) is 4.99. The summed E-state index contributed by atoms with van der Waals surface area (Å²) in [7, 11) is 0. The number of benzene rings is 1. The maximum Gasteiger partial charge on any atom is 0.171 e. The van der Waals surface area contributed by atoms with Crippen LogP contribution >= 0.6 is 0 Å². The van der Waals surface area contributed by atoms with Crippen LogP contribution in [0, 0.1) is 5.41 Å². The Hall–Kier alpha value is -2.16. The Labute approximate surface area is 130 Å². The molecule has 1 aromatic carbocycles. The first kappa shape index (κ1) is 14.8. The molecule has 0 fully saturated rings. The second-order valence-electron chi connectivity index (χ2n) is 6.72. The Bertz CT molecular complexity index is 720. The number of aliphatic hydroxyl groups is 1. The third-order valence-corrected chi connectivity index (χ3v) is 4.99. The predicted molar refractivity (Wildman–Crippen MR) is 84.6 cm³/mol. The maximum atomic E-state index is 12.6. The summed E-state index contributed by atoms with van der Waals surface area (Å²) in [5.74, 6) is -0.195. The standard InChI is InChI=1S/C19H20O3/c1-11-17(21)16-14(19(2,3)18(11)22)9-13(10-15(16)20)12-7-5-4-6-8-12/h4-8,13,21H,9-10H2,1-3H3. The molecule has 0 aromatic heterocycles. The minimum Gasteiger partial charge on any atom is -0.507 e. The van der Waals surface area contributed by atoms with Crippen LogP contribution in [0.2, 0.25) is 0 Å². The fraction of sp³-hybridized carbons (Fsp3) is 0.368. The van der Waals surface area contributed by atoms with Gasteiger partial charge in [0.15, 0.2) is 11.6 Å². The van der Waals surface area contributed by atoms with Crippen molar-refractivity contribution >= 4 is 11.6 Å². The molecule has 0 spiro atoms. The molecule has 3 rings (SSSR count). The summed E-state index contributed by atoms with van der Waals surface area (Å²) in [5, 5.41) is 10.3. The van der Waals surface area contributed by atoms with Crippen molar-refractivity contribution in [2.75, 3.05) is 0 Å². The van der Waals surface area contributed by atoms with Crippen LogP contribution in [0.3, 0.4) is 0 Å². The average Bonchev–Trinajstić information content (AvgIpc) is 2.51. The largest absolute Gasteiger partial charge is 0.507 e. The second-order valence-corrected chi connectivity index (χ2v) is 6.72. The molecule has 0 saturated heterocycles. The van der Waals surface area contributed by atoms with Gasteiger partial charge in [-0.3, -0.25) is 9.59 Å². The number of hydrogen-bond acceptors (Lipinski definition) is 3. The van der Waals surface area contributed by atoms with E-state index in [1.54, 1.807) is 6.92 Å². The Morgan fingerprint density at radius 3 is 2.36 bits per heavy atom. The second kappa shape index (κ2) is 4.94. The Balaban J connectivity index is 2.11. The van der Waals surface area contributed by atoms with Gasteiger partial charge in [-0.25, -0.2) is 0 Å². The van der Waals surface area contributed by atoms with Crippen molar-refractivity contribution in [3.63, 3.8) is 0 Å². The van der Waals surface area contributed by atoms with Gasteiger partial charge < -0.3 is 5.11 Å². The van der Waals surface area contributed by atoms with E-state index in [9.17, 15) is 14.7 Å². The van der Waals surface area contributed by atoms with Gasteiger partial charge in [0.05, 0.1) is 5.57 Å². The van der Waals surface area contributed by atoms with Gasteiger partial charge in [0, 0.05) is 17.4 Å². The molecule has 1 N–H and O–H groups in total. The zero-order chi connectivity index (χ0) is 16.1. The van der Waals surface area contributed by atoms with E-state index in [2.05, 4.69) is 0 Å². The topological polar surface area (TPSA) is 54.4 Å². The van der Waals surface area contributed by atoms with Gasteiger partial charge in [0.1, 0.15) is 5.76 Å². The summed E-state index contributed by atoms with van der Waals surface area (Å²) in [6, 6.07) is 9.90. The van der Waals surface area contributed by atoms with Gasteiger partial charge >= 0.3 is 0 Å². The highest BCUT2D eigenvalue weighted by Crippen LogP contribution is 2.48. The summed E-state index contributed by atoms with van der Waals surface area (Å²) in [4.78, 5) is 25.1. The van der Waals surface area contributed by atoms with Crippen molar-refractivity contribution < 1.29 is 14.7 Å². The molecule has 0 heterocycles. The summed E-state index contributed by atoms with van der Waals surface area (Å²) in [6.07, 6.45) is 1.02. The highest BCUT2D eigenvalue weighted by atomic mass is 16.3. The maximum absolute atomic E-state index is 12.6. The number of carbonyl (C=O) groups excluding carboxylic acids is 2. The van der Waals surface area contributed by atoms with Gasteiger partial charge in [0.25, 0.3) is 0 Å². The highest BCUT2D eigenvalue weighted by Gasteiger charge is 2.45. The Kier molecular flexibility index (Phi) is 3.32. The minimum atomic E-state index is -0.727. The molecule has 1 aromatic rings. The van der Waals surface area contributed by atoms with Gasteiger partial charge in [0.2, 0.25) is 0 Å². The molecule has 0 radical (unpaired) electrons. The van der Waals surface area contributed by atoms with E-state index in [0.717, 1.165) is 11.1 Å². The SMILES string of the molecule is CC1=C(O)C2=C(CC(c3ccccc3)CC2=O)C(C)(C)C1=O. The molecule has 2 aliphatic carbocycles. The van der Waals surface area contributed by atoms with E-state index in [1.807, 2.05) is 44.2 Å². The van der Waals surface area contributed by atoms with E-state index in [1.165, 1.54) is 0 Å². The van der Waals surface area contributed by atoms with Crippen LogP contribution in [-0.4, -0.2) is 16.7 Å². The molecule has 1 unspecified atom stereocenters. The molecule has 2 aliphatic rings. The van der Waals surface area contributed by atoms with Crippen molar-refractivity contribution in [3.05, 3.63) is 58.4 Å². The van der Waals surface area contributed by atoms with Gasteiger partial charge in [-0.1, -0.05) is 30.3 Å². The zero-order valence-electron chi connectivity index (χ0n) is 13.1. The summed E-state index contributed by atoms with van der Waals surface area (Å²) in [6.45, 7) is 5.29. The third kappa shape index (κ3) is 2.04. The summed E-state index contributed by atoms with van der Waals surface area (Å²) >= 11 is 0. The lowest BCUT2D eigenvalue weighted by molar-refractivity contribution is -0.122. The monoisotopic (exact) mass is 296 g/mol. The van der Waals surface area contributed by atoms with E-state index < -0.39 is 5.41 Å². The van der Waals surface area contributed by atoms with E-state index in [4.69, 9.17) is 0 Å². The molecule has 3 heteroatoms. The molecule has 0 saturated carbocycles. The van der Waals surface area contributed by atoms with Gasteiger partial charge in [-0.2, -0.15) is 0 Å². The molecular weight excluding hydrogens is 276 g/mol. The van der Waals surface area contributed by atoms with Crippen LogP contribution in [0.5, 0.6) is 0 Å². The van der Waals surface area contributed by atoms with Crippen LogP contribution in [0.25, 0.3) is 0 Å². The van der Waals surface area contributed by atoms with Crippen molar-refractivity contribution in [1.29, 1.82) is 0 Å². The zero-order valence-corrected chi connectivity index (χ0v) is 13.1. The average molecular weight is 296 g/mol. The summed E-state index contributed by atoms with van der Waals surface area (Å²) in [5.41, 5.74) is 1.85. The molecule has 114 valence electrons. The first-order valence-electron chi connectivity index (χ1n) is 7.60. The number of ketones is 2. The fourth-order valence-corrected chi connectivity index (χ4v) is 3.62. The summed E-state index contributed by atoms with van der Waals surface area (Å²) < 4.78 is 0. The quantitative estimate of drug-likeness (QED) is 0.856. The molecule has 22 heavy (non-hydrogen) atoms. The van der Waals surface area contributed by atoms with Crippen LogP contribution in [0.4, 0.5) is 0 Å². The smallest absolute Gasteiger partial charge is 0.171 e. The molecule has 0 aliphatic heterocycles. The number of aliphatic hydroxyl groups excluding tert-OH is 1. The van der Waals surface area contributed by atoms with Crippen molar-refractivity contribution in [2.45, 2.75) is 39.5 Å². The molecular formula is C19H20O3. The number of Topliss-reactive ketones (excluding diaryl/α,β-unsaturated/α-hetero) is 2. The van der Waals surface area contributed by atoms with Gasteiger partial charge in [-0.15, -0.1) is 0 Å². The van der Waals surface area contributed by atoms with Crippen LogP contribution in [0.1, 0.15) is 45.1 Å². The highest BCUT2D eigenvalue weighted by molar-refractivity contribution is 6.11. The first-order chi connectivity index (χ1) is 10.3. The van der Waals surface area contributed by atoms with Crippen LogP contribution in [0.15, 0.2) is 52.8 Å². The van der Waals surface area contributed by atoms with Crippen LogP contribution < -0.4 is 0 Å². The van der Waals surface area contributed by atoms with Crippen molar-refractivity contribution in [3.8, 4) is 0 Å².